The zero-order valence-corrected chi connectivity index (χ0v) is 25.1. The third-order valence-electron chi connectivity index (χ3n) is 7.21. The summed E-state index contributed by atoms with van der Waals surface area (Å²) in [5, 5.41) is 0. The first-order valence-electron chi connectivity index (χ1n) is 12.7. The van der Waals surface area contributed by atoms with Crippen LogP contribution in [0.4, 0.5) is 11.4 Å². The van der Waals surface area contributed by atoms with Crippen molar-refractivity contribution in [3.05, 3.63) is 135 Å². The van der Waals surface area contributed by atoms with E-state index >= 15 is 0 Å². The van der Waals surface area contributed by atoms with Gasteiger partial charge < -0.3 is 19.6 Å². The van der Waals surface area contributed by atoms with E-state index in [0.717, 1.165) is 11.4 Å². The van der Waals surface area contributed by atoms with Gasteiger partial charge in [0.25, 0.3) is 0 Å². The van der Waals surface area contributed by atoms with Gasteiger partial charge in [0, 0.05) is 9.79 Å². The molecule has 0 amide bonds. The molecule has 0 bridgehead atoms. The molecule has 0 atom stereocenters. The van der Waals surface area contributed by atoms with E-state index in [1.54, 1.807) is 0 Å². The predicted octanol–water partition coefficient (Wildman–Crippen LogP) is 7.60. The van der Waals surface area contributed by atoms with E-state index in [1.807, 2.05) is 14.1 Å². The van der Waals surface area contributed by atoms with E-state index in [4.69, 9.17) is 0 Å². The molecule has 0 aliphatic carbocycles. The van der Waals surface area contributed by atoms with Gasteiger partial charge in [-0.1, -0.05) is 43.3 Å². The summed E-state index contributed by atoms with van der Waals surface area (Å²) in [6.07, 6.45) is 8.29. The van der Waals surface area contributed by atoms with Crippen LogP contribution in [0, 0.1) is 32.4 Å². The number of anilines is 2. The van der Waals surface area contributed by atoms with Gasteiger partial charge in [0.1, 0.15) is 0 Å². The Kier molecular flexibility index (Phi) is 6.61. The first-order chi connectivity index (χ1) is 18.5. The molecule has 7 rings (SSSR count). The number of fused-ring (bicyclic) bond motifs is 3. The summed E-state index contributed by atoms with van der Waals surface area (Å²) in [6.45, 7) is 6.35. The van der Waals surface area contributed by atoms with Gasteiger partial charge in [-0.3, -0.25) is 0 Å². The largest absolute Gasteiger partial charge is 4.00 e. The molecular formula is C33H28N4PtS. The number of nitrogens with zero attached hydrogens (tertiary/aromatic N) is 4. The fourth-order valence-electron chi connectivity index (χ4n) is 5.54. The van der Waals surface area contributed by atoms with Crippen LogP contribution in [0.3, 0.4) is 0 Å². The summed E-state index contributed by atoms with van der Waals surface area (Å²) in [4.78, 5) is 13.5. The third kappa shape index (κ3) is 4.11. The molecule has 39 heavy (non-hydrogen) atoms. The molecule has 0 unspecified atom stereocenters. The van der Waals surface area contributed by atoms with Crippen molar-refractivity contribution in [2.75, 3.05) is 23.9 Å². The Bertz CT molecular complexity index is 1570. The first-order valence-corrected chi connectivity index (χ1v) is 14.3. The molecule has 3 heterocycles. The Hall–Kier alpha value is -3.40. The van der Waals surface area contributed by atoms with Crippen molar-refractivity contribution in [3.8, 4) is 11.1 Å². The summed E-state index contributed by atoms with van der Waals surface area (Å²) in [6, 6.07) is 36.7. The van der Waals surface area contributed by atoms with Crippen molar-refractivity contribution in [3.63, 3.8) is 0 Å². The molecule has 0 aromatic heterocycles. The first kappa shape index (κ1) is 25.9. The predicted molar refractivity (Wildman–Crippen MR) is 155 cm³/mol. The van der Waals surface area contributed by atoms with Crippen LogP contribution in [0.2, 0.25) is 0 Å². The Morgan fingerprint density at radius 3 is 1.77 bits per heavy atom. The Morgan fingerprint density at radius 1 is 0.615 bits per heavy atom. The minimum absolute atomic E-state index is 0. The van der Waals surface area contributed by atoms with Gasteiger partial charge in [0.2, 0.25) is 0 Å². The van der Waals surface area contributed by atoms with Crippen molar-refractivity contribution in [2.24, 2.45) is 0 Å². The molecule has 196 valence electrons. The minimum atomic E-state index is -1.86. The number of aryl methyl sites for hydroxylation is 1. The van der Waals surface area contributed by atoms with Gasteiger partial charge in [0.05, 0.1) is 0 Å². The molecule has 0 radical (unpaired) electrons. The van der Waals surface area contributed by atoms with Gasteiger partial charge in [-0.15, -0.1) is 39.4 Å². The maximum Gasteiger partial charge on any atom is 4.00 e. The monoisotopic (exact) mass is 707 g/mol. The van der Waals surface area contributed by atoms with Crippen molar-refractivity contribution in [1.82, 2.24) is 9.80 Å². The molecule has 0 saturated heterocycles. The van der Waals surface area contributed by atoms with Crippen LogP contribution in [-0.2, 0) is 21.1 Å². The van der Waals surface area contributed by atoms with Gasteiger partial charge in [-0.05, 0) is 62.2 Å². The summed E-state index contributed by atoms with van der Waals surface area (Å²) in [7, 11) is 2.23. The van der Waals surface area contributed by atoms with E-state index in [9.17, 15) is 0 Å². The van der Waals surface area contributed by atoms with Gasteiger partial charge in [0.15, 0.2) is 0 Å². The fourth-order valence-corrected chi connectivity index (χ4v) is 9.70. The van der Waals surface area contributed by atoms with Gasteiger partial charge in [-0.25, -0.2) is 0 Å². The van der Waals surface area contributed by atoms with E-state index in [-0.39, 0.29) is 21.1 Å². The molecule has 0 saturated carbocycles. The average Bonchev–Trinajstić information content (AvgIpc) is 3.65. The van der Waals surface area contributed by atoms with Crippen LogP contribution in [0.25, 0.3) is 11.1 Å². The average molecular weight is 708 g/mol. The van der Waals surface area contributed by atoms with E-state index in [2.05, 4.69) is 156 Å². The maximum atomic E-state index is 3.90. The van der Waals surface area contributed by atoms with Crippen LogP contribution in [0.5, 0.6) is 0 Å². The molecule has 3 aliphatic rings. The smallest absolute Gasteiger partial charge is 0.510 e. The second-order valence-corrected chi connectivity index (χ2v) is 12.9. The van der Waals surface area contributed by atoms with Crippen molar-refractivity contribution in [1.29, 1.82) is 0 Å². The fraction of sp³-hybridized carbons (Fsp3) is 0.0909. The van der Waals surface area contributed by atoms with Crippen LogP contribution < -0.4 is 9.80 Å². The number of hydrogen-bond donors (Lipinski definition) is 0. The normalized spacial score (nSPS) is 17.3. The number of rotatable bonds is 4. The minimum Gasteiger partial charge on any atom is -0.510 e. The molecule has 0 N–H and O–H groups in total. The van der Waals surface area contributed by atoms with E-state index in [0.29, 0.717) is 0 Å². The molecular weight excluding hydrogens is 680 g/mol. The quantitative estimate of drug-likeness (QED) is 0.179. The summed E-state index contributed by atoms with van der Waals surface area (Å²) in [5.41, 5.74) is 5.89. The van der Waals surface area contributed by atoms with Crippen LogP contribution in [-0.4, -0.2) is 23.9 Å². The third-order valence-corrected chi connectivity index (χ3v) is 11.0. The summed E-state index contributed by atoms with van der Waals surface area (Å²) >= 11 is 0. The molecule has 4 nitrogen and oxygen atoms in total. The van der Waals surface area contributed by atoms with Crippen molar-refractivity contribution >= 4 is 21.4 Å². The molecule has 6 heteroatoms. The molecule has 3 aliphatic heterocycles. The second-order valence-electron chi connectivity index (χ2n) is 9.88. The number of benzene rings is 4. The van der Waals surface area contributed by atoms with Crippen LogP contribution in [0.1, 0.15) is 5.56 Å². The Labute approximate surface area is 247 Å². The molecule has 4 aromatic rings. The zero-order valence-electron chi connectivity index (χ0n) is 22.0. The SMILES string of the molecule is Cc1cc(N2C=CN(C)[CH-]2)[c-]c(S2(c3[c-]c(N4C=CN(C)[CH-]4)ccc3)c3ccccc3-c3ccccc32)c1.[Pt+4]. The molecule has 0 fully saturated rings. The number of hydrogen-bond acceptors (Lipinski definition) is 4. The van der Waals surface area contributed by atoms with E-state index < -0.39 is 10.0 Å². The van der Waals surface area contributed by atoms with Gasteiger partial charge in [-0.2, -0.15) is 53.2 Å². The van der Waals surface area contributed by atoms with Crippen LogP contribution >= 0.6 is 10.0 Å². The topological polar surface area (TPSA) is 13.0 Å². The Balaban J connectivity index is 0.00000277. The second kappa shape index (κ2) is 9.97. The molecule has 4 aromatic carbocycles. The Morgan fingerprint density at radius 2 is 1.18 bits per heavy atom. The van der Waals surface area contributed by atoms with Gasteiger partial charge >= 0.3 is 21.1 Å². The summed E-state index contributed by atoms with van der Waals surface area (Å²) < 4.78 is 0. The van der Waals surface area contributed by atoms with Crippen molar-refractivity contribution in [2.45, 2.75) is 26.5 Å². The standard InChI is InChI=1S/C33H28N4S.Pt/c1-25-19-27(37-18-16-35(3)24-37)22-29(20-25)38(28-10-8-9-26(21-28)36-17-15-34(2)23-36)32-13-6-4-11-30(32)31-12-5-7-14-33(31)38;/h4-20,23-24H,1-3H3;/q-4;+4. The van der Waals surface area contributed by atoms with E-state index in [1.165, 1.54) is 36.3 Å². The zero-order chi connectivity index (χ0) is 25.9. The van der Waals surface area contributed by atoms with Crippen LogP contribution in [0.15, 0.2) is 123 Å². The molecule has 0 spiro atoms. The maximum absolute atomic E-state index is 3.90. The van der Waals surface area contributed by atoms with Crippen molar-refractivity contribution < 1.29 is 21.1 Å². The summed E-state index contributed by atoms with van der Waals surface area (Å²) in [5.74, 6) is 0.